The first-order valence-corrected chi connectivity index (χ1v) is 6.84. The van der Waals surface area contributed by atoms with Gasteiger partial charge in [0.05, 0.1) is 11.0 Å². The molecule has 0 atom stereocenters. The summed E-state index contributed by atoms with van der Waals surface area (Å²) in [6, 6.07) is 4.35. The fraction of sp³-hybridized carbons (Fsp3) is 0.429. The smallest absolute Gasteiger partial charge is 0.224 e. The zero-order chi connectivity index (χ0) is 14.1. The first-order valence-electron chi connectivity index (χ1n) is 6.84. The van der Waals surface area contributed by atoms with E-state index in [-0.39, 0.29) is 11.7 Å². The maximum absolute atomic E-state index is 13.3. The molecule has 2 aromatic rings. The second-order valence-corrected chi connectivity index (χ2v) is 5.09. The van der Waals surface area contributed by atoms with Gasteiger partial charge in [0, 0.05) is 26.1 Å². The lowest BCUT2D eigenvalue weighted by molar-refractivity contribution is -0.130. The van der Waals surface area contributed by atoms with Crippen molar-refractivity contribution >= 4 is 22.9 Å². The molecule has 5 nitrogen and oxygen atoms in total. The summed E-state index contributed by atoms with van der Waals surface area (Å²) in [6.07, 6.45) is 2.52. The van der Waals surface area contributed by atoms with E-state index in [0.717, 1.165) is 25.9 Å². The Labute approximate surface area is 116 Å². The van der Waals surface area contributed by atoms with Gasteiger partial charge in [0.1, 0.15) is 5.82 Å². The van der Waals surface area contributed by atoms with Crippen LogP contribution in [0.4, 0.5) is 10.3 Å². The maximum atomic E-state index is 13.3. The largest absolute Gasteiger partial charge is 0.369 e. The molecule has 1 amide bonds. The lowest BCUT2D eigenvalue weighted by Crippen LogP contribution is -2.28. The Morgan fingerprint density at radius 3 is 2.85 bits per heavy atom. The monoisotopic (exact) mass is 276 g/mol. The van der Waals surface area contributed by atoms with Crippen molar-refractivity contribution in [2.24, 2.45) is 0 Å². The van der Waals surface area contributed by atoms with Crippen LogP contribution in [0.1, 0.15) is 19.3 Å². The predicted octanol–water partition coefficient (Wildman–Crippen LogP) is 1.77. The molecule has 20 heavy (non-hydrogen) atoms. The average molecular weight is 276 g/mol. The van der Waals surface area contributed by atoms with Crippen molar-refractivity contribution in [2.45, 2.75) is 25.8 Å². The normalized spacial score (nSPS) is 15.2. The molecule has 0 saturated carbocycles. The van der Waals surface area contributed by atoms with Gasteiger partial charge in [-0.05, 0) is 31.0 Å². The molecule has 2 heterocycles. The Balaban J connectivity index is 1.78. The summed E-state index contributed by atoms with van der Waals surface area (Å²) >= 11 is 0. The van der Waals surface area contributed by atoms with E-state index >= 15 is 0 Å². The molecule has 1 saturated heterocycles. The van der Waals surface area contributed by atoms with Gasteiger partial charge >= 0.3 is 0 Å². The molecule has 2 N–H and O–H groups in total. The molecule has 0 radical (unpaired) electrons. The number of fused-ring (bicyclic) bond motifs is 1. The second-order valence-electron chi connectivity index (χ2n) is 5.09. The van der Waals surface area contributed by atoms with E-state index in [1.807, 2.05) is 4.90 Å². The van der Waals surface area contributed by atoms with Gasteiger partial charge in [0.15, 0.2) is 0 Å². The number of hydrogen-bond donors (Lipinski definition) is 1. The molecule has 6 heteroatoms. The van der Waals surface area contributed by atoms with Gasteiger partial charge in [-0.1, -0.05) is 0 Å². The van der Waals surface area contributed by atoms with E-state index in [2.05, 4.69) is 4.98 Å². The zero-order valence-corrected chi connectivity index (χ0v) is 11.2. The Kier molecular flexibility index (Phi) is 3.30. The summed E-state index contributed by atoms with van der Waals surface area (Å²) in [7, 11) is 0. The van der Waals surface area contributed by atoms with Crippen molar-refractivity contribution < 1.29 is 9.18 Å². The van der Waals surface area contributed by atoms with E-state index in [4.69, 9.17) is 5.73 Å². The van der Waals surface area contributed by atoms with E-state index in [1.165, 1.54) is 12.1 Å². The molecule has 1 aromatic heterocycles. The lowest BCUT2D eigenvalue weighted by atomic mass is 10.3. The molecular weight excluding hydrogens is 259 g/mol. The van der Waals surface area contributed by atoms with E-state index in [1.54, 1.807) is 10.6 Å². The molecule has 1 aliphatic rings. The number of halogens is 1. The Hall–Kier alpha value is -2.11. The van der Waals surface area contributed by atoms with Crippen LogP contribution in [-0.4, -0.2) is 33.4 Å². The second kappa shape index (κ2) is 5.11. The Bertz CT molecular complexity index is 646. The van der Waals surface area contributed by atoms with E-state index in [0.29, 0.717) is 29.9 Å². The Morgan fingerprint density at radius 1 is 1.35 bits per heavy atom. The number of benzene rings is 1. The molecule has 3 rings (SSSR count). The van der Waals surface area contributed by atoms with E-state index < -0.39 is 0 Å². The van der Waals surface area contributed by atoms with Gasteiger partial charge in [0.25, 0.3) is 0 Å². The number of imidazole rings is 1. The lowest BCUT2D eigenvalue weighted by Gasteiger charge is -2.15. The van der Waals surface area contributed by atoms with Crippen LogP contribution in [-0.2, 0) is 11.3 Å². The summed E-state index contributed by atoms with van der Waals surface area (Å²) in [4.78, 5) is 18.1. The number of carbonyl (C=O) groups excluding carboxylic acids is 1. The minimum atomic E-state index is -0.329. The van der Waals surface area contributed by atoms with Gasteiger partial charge in [-0.15, -0.1) is 0 Å². The summed E-state index contributed by atoms with van der Waals surface area (Å²) in [5.41, 5.74) is 7.13. The number of carbonyl (C=O) groups is 1. The highest BCUT2D eigenvalue weighted by atomic mass is 19.1. The molecular formula is C14H17FN4O. The van der Waals surface area contributed by atoms with Gasteiger partial charge in [-0.2, -0.15) is 0 Å². The number of nitrogens with two attached hydrogens (primary N) is 1. The summed E-state index contributed by atoms with van der Waals surface area (Å²) < 4.78 is 15.0. The topological polar surface area (TPSA) is 64.1 Å². The third-order valence-electron chi connectivity index (χ3n) is 3.75. The summed E-state index contributed by atoms with van der Waals surface area (Å²) in [5.74, 6) is 0.115. The number of hydrogen-bond acceptors (Lipinski definition) is 3. The van der Waals surface area contributed by atoms with Crippen LogP contribution in [0, 0.1) is 5.82 Å². The number of amides is 1. The number of nitrogen functional groups attached to an aromatic ring is 1. The standard InChI is InChI=1S/C14H17FN4O/c15-10-3-4-11-12(9-10)19(14(16)17-11)8-5-13(20)18-6-1-2-7-18/h3-4,9H,1-2,5-8H2,(H2,16,17). The van der Waals surface area contributed by atoms with Crippen LogP contribution >= 0.6 is 0 Å². The first-order chi connectivity index (χ1) is 9.65. The molecule has 0 bridgehead atoms. The number of likely N-dealkylation sites (tertiary alicyclic amines) is 1. The number of aryl methyl sites for hydroxylation is 1. The highest BCUT2D eigenvalue weighted by Crippen LogP contribution is 2.20. The van der Waals surface area contributed by atoms with Gasteiger partial charge in [-0.3, -0.25) is 4.79 Å². The molecule has 1 aliphatic heterocycles. The van der Waals surface area contributed by atoms with Crippen molar-refractivity contribution in [3.05, 3.63) is 24.0 Å². The van der Waals surface area contributed by atoms with Crippen molar-refractivity contribution in [3.63, 3.8) is 0 Å². The van der Waals surface area contributed by atoms with Crippen molar-refractivity contribution in [1.29, 1.82) is 0 Å². The first kappa shape index (κ1) is 12.9. The molecule has 0 aliphatic carbocycles. The maximum Gasteiger partial charge on any atom is 0.224 e. The minimum Gasteiger partial charge on any atom is -0.369 e. The fourth-order valence-electron chi connectivity index (χ4n) is 2.68. The van der Waals surface area contributed by atoms with Crippen molar-refractivity contribution in [3.8, 4) is 0 Å². The SMILES string of the molecule is Nc1nc2ccc(F)cc2n1CCC(=O)N1CCCC1. The van der Waals surface area contributed by atoms with Crippen LogP contribution in [0.2, 0.25) is 0 Å². The quantitative estimate of drug-likeness (QED) is 0.929. The van der Waals surface area contributed by atoms with Crippen LogP contribution in [0.3, 0.4) is 0 Å². The highest BCUT2D eigenvalue weighted by molar-refractivity contribution is 5.79. The van der Waals surface area contributed by atoms with E-state index in [9.17, 15) is 9.18 Å². The zero-order valence-electron chi connectivity index (χ0n) is 11.2. The van der Waals surface area contributed by atoms with Gasteiger partial charge in [0.2, 0.25) is 11.9 Å². The van der Waals surface area contributed by atoms with Crippen LogP contribution in [0.15, 0.2) is 18.2 Å². The third-order valence-corrected chi connectivity index (χ3v) is 3.75. The van der Waals surface area contributed by atoms with Gasteiger partial charge < -0.3 is 15.2 Å². The van der Waals surface area contributed by atoms with Gasteiger partial charge in [-0.25, -0.2) is 9.37 Å². The van der Waals surface area contributed by atoms with Crippen molar-refractivity contribution in [1.82, 2.24) is 14.5 Å². The highest BCUT2D eigenvalue weighted by Gasteiger charge is 2.18. The predicted molar refractivity (Wildman–Crippen MR) is 74.5 cm³/mol. The summed E-state index contributed by atoms with van der Waals surface area (Å²) in [6.45, 7) is 2.11. The Morgan fingerprint density at radius 2 is 2.10 bits per heavy atom. The summed E-state index contributed by atoms with van der Waals surface area (Å²) in [5, 5.41) is 0. The van der Waals surface area contributed by atoms with Crippen LogP contribution in [0.5, 0.6) is 0 Å². The number of aromatic nitrogens is 2. The molecule has 0 spiro atoms. The van der Waals surface area contributed by atoms with Crippen LogP contribution < -0.4 is 5.73 Å². The van der Waals surface area contributed by atoms with Crippen molar-refractivity contribution in [2.75, 3.05) is 18.8 Å². The van der Waals surface area contributed by atoms with Crippen LogP contribution in [0.25, 0.3) is 11.0 Å². The molecule has 0 unspecified atom stereocenters. The fourth-order valence-corrected chi connectivity index (χ4v) is 2.68. The third kappa shape index (κ3) is 2.33. The molecule has 1 fully saturated rings. The number of anilines is 1. The number of rotatable bonds is 3. The minimum absolute atomic E-state index is 0.125. The molecule has 1 aromatic carbocycles. The average Bonchev–Trinajstić information content (AvgIpc) is 3.04. The number of nitrogens with zero attached hydrogens (tertiary/aromatic N) is 3. The molecule has 106 valence electrons.